The van der Waals surface area contributed by atoms with Crippen molar-refractivity contribution >= 4 is 11.9 Å². The van der Waals surface area contributed by atoms with E-state index in [1.165, 1.54) is 0 Å². The van der Waals surface area contributed by atoms with Gasteiger partial charge in [-0.25, -0.2) is 0 Å². The van der Waals surface area contributed by atoms with Gasteiger partial charge in [-0.15, -0.1) is 0 Å². The van der Waals surface area contributed by atoms with Crippen molar-refractivity contribution in [2.24, 2.45) is 5.41 Å². The van der Waals surface area contributed by atoms with Crippen molar-refractivity contribution in [2.75, 3.05) is 7.11 Å². The van der Waals surface area contributed by atoms with Crippen LogP contribution in [0, 0.1) is 5.41 Å². The molecule has 2 heteroatoms. The topological polar surface area (TPSA) is 26.3 Å². The zero-order valence-corrected chi connectivity index (χ0v) is 10.6. The molecule has 1 aromatic rings. The Morgan fingerprint density at radius 2 is 2.12 bits per heavy atom. The smallest absolute Gasteiger partial charge is 0.164 e. The first-order valence-corrected chi connectivity index (χ1v) is 5.92. The maximum Gasteiger partial charge on any atom is 0.164 e. The number of hydrogen-bond donors (Lipinski definition) is 0. The number of methoxy groups -OCH3 is 1. The number of ether oxygens (including phenoxy) is 1. The lowest BCUT2D eigenvalue weighted by Gasteiger charge is -2.12. The highest BCUT2D eigenvalue weighted by Gasteiger charge is 2.36. The van der Waals surface area contributed by atoms with E-state index in [2.05, 4.69) is 0 Å². The van der Waals surface area contributed by atoms with Crippen molar-refractivity contribution in [1.82, 2.24) is 0 Å². The molecule has 0 spiro atoms. The predicted octanol–water partition coefficient (Wildman–Crippen LogP) is 3.47. The molecule has 1 fully saturated rings. The van der Waals surface area contributed by atoms with Gasteiger partial charge in [-0.05, 0) is 42.2 Å². The summed E-state index contributed by atoms with van der Waals surface area (Å²) in [5.74, 6) is 1.10. The fraction of sp³-hybridized carbons (Fsp3) is 0.400. The van der Waals surface area contributed by atoms with Crippen LogP contribution in [0.4, 0.5) is 0 Å². The fourth-order valence-corrected chi connectivity index (χ4v) is 2.18. The summed E-state index contributed by atoms with van der Waals surface area (Å²) in [6.45, 7) is 4.03. The predicted molar refractivity (Wildman–Crippen MR) is 69.0 cm³/mol. The van der Waals surface area contributed by atoms with Gasteiger partial charge in [0.2, 0.25) is 0 Å². The van der Waals surface area contributed by atoms with Gasteiger partial charge < -0.3 is 4.74 Å². The average molecular weight is 230 g/mol. The maximum atomic E-state index is 12.1. The normalized spacial score (nSPS) is 20.9. The van der Waals surface area contributed by atoms with Crippen LogP contribution >= 0.6 is 0 Å². The van der Waals surface area contributed by atoms with E-state index in [0.717, 1.165) is 29.7 Å². The second-order valence-electron chi connectivity index (χ2n) is 5.16. The van der Waals surface area contributed by atoms with Crippen molar-refractivity contribution in [2.45, 2.75) is 26.7 Å². The highest BCUT2D eigenvalue weighted by molar-refractivity contribution is 6.05. The van der Waals surface area contributed by atoms with Gasteiger partial charge in [0.15, 0.2) is 5.78 Å². The number of ketones is 1. The average Bonchev–Trinajstić information content (AvgIpc) is 2.57. The summed E-state index contributed by atoms with van der Waals surface area (Å²) in [6.07, 6.45) is 3.81. The largest absolute Gasteiger partial charge is 0.497 e. The second-order valence-corrected chi connectivity index (χ2v) is 5.16. The number of Topliss-reactive ketones (excluding diaryl/α,β-unsaturated/α-hetero) is 1. The second kappa shape index (κ2) is 4.36. The molecule has 0 heterocycles. The van der Waals surface area contributed by atoms with Crippen LogP contribution < -0.4 is 4.74 Å². The molecule has 1 aromatic carbocycles. The van der Waals surface area contributed by atoms with Crippen LogP contribution in [0.1, 0.15) is 32.3 Å². The molecule has 1 aliphatic carbocycles. The van der Waals surface area contributed by atoms with Gasteiger partial charge in [0.05, 0.1) is 7.11 Å². The first-order chi connectivity index (χ1) is 8.03. The van der Waals surface area contributed by atoms with Crippen LogP contribution in [0.2, 0.25) is 0 Å². The Morgan fingerprint density at radius 3 is 2.71 bits per heavy atom. The molecule has 1 aliphatic rings. The number of rotatable bonds is 2. The summed E-state index contributed by atoms with van der Waals surface area (Å²) in [5, 5.41) is 0. The molecule has 0 amide bonds. The van der Waals surface area contributed by atoms with Crippen LogP contribution in [0.25, 0.3) is 6.08 Å². The molecular weight excluding hydrogens is 212 g/mol. The molecule has 0 unspecified atom stereocenters. The highest BCUT2D eigenvalue weighted by atomic mass is 16.5. The number of benzene rings is 1. The molecule has 1 saturated carbocycles. The van der Waals surface area contributed by atoms with Crippen molar-refractivity contribution < 1.29 is 9.53 Å². The van der Waals surface area contributed by atoms with Gasteiger partial charge in [-0.2, -0.15) is 0 Å². The van der Waals surface area contributed by atoms with Crippen LogP contribution in [-0.4, -0.2) is 12.9 Å². The van der Waals surface area contributed by atoms with Crippen molar-refractivity contribution in [1.29, 1.82) is 0 Å². The molecule has 0 saturated heterocycles. The molecule has 0 aromatic heterocycles. The lowest BCUT2D eigenvalue weighted by Crippen LogP contribution is -2.17. The number of hydrogen-bond acceptors (Lipinski definition) is 2. The molecule has 0 atom stereocenters. The minimum atomic E-state index is -0.190. The highest BCUT2D eigenvalue weighted by Crippen LogP contribution is 2.38. The Hall–Kier alpha value is -1.57. The van der Waals surface area contributed by atoms with E-state index < -0.39 is 0 Å². The molecule has 2 nitrogen and oxygen atoms in total. The molecule has 0 N–H and O–H groups in total. The van der Waals surface area contributed by atoms with E-state index in [9.17, 15) is 4.79 Å². The molecule has 17 heavy (non-hydrogen) atoms. The standard InChI is InChI=1S/C15H18O2/c1-15(2)8-7-12(14(15)16)9-11-5-4-6-13(10-11)17-3/h4-6,9-10H,7-8H2,1-3H3/b12-9+. The summed E-state index contributed by atoms with van der Waals surface area (Å²) < 4.78 is 5.17. The zero-order chi connectivity index (χ0) is 12.5. The van der Waals surface area contributed by atoms with Gasteiger partial charge in [-0.1, -0.05) is 26.0 Å². The lowest BCUT2D eigenvalue weighted by atomic mass is 9.90. The van der Waals surface area contributed by atoms with E-state index in [1.807, 2.05) is 44.2 Å². The third-order valence-corrected chi connectivity index (χ3v) is 3.36. The first kappa shape index (κ1) is 11.9. The van der Waals surface area contributed by atoms with Gasteiger partial charge >= 0.3 is 0 Å². The molecule has 90 valence electrons. The van der Waals surface area contributed by atoms with Crippen molar-refractivity contribution in [3.8, 4) is 5.75 Å². The number of carbonyl (C=O) groups is 1. The Bertz CT molecular complexity index is 470. The SMILES string of the molecule is COc1cccc(/C=C2\CCC(C)(C)C2=O)c1. The van der Waals surface area contributed by atoms with E-state index in [4.69, 9.17) is 4.74 Å². The van der Waals surface area contributed by atoms with E-state index in [0.29, 0.717) is 0 Å². The van der Waals surface area contributed by atoms with Crippen molar-refractivity contribution in [3.05, 3.63) is 35.4 Å². The van der Waals surface area contributed by atoms with E-state index in [-0.39, 0.29) is 11.2 Å². The lowest BCUT2D eigenvalue weighted by molar-refractivity contribution is -0.121. The molecule has 2 rings (SSSR count). The Morgan fingerprint density at radius 1 is 1.35 bits per heavy atom. The van der Waals surface area contributed by atoms with E-state index in [1.54, 1.807) is 7.11 Å². The van der Waals surface area contributed by atoms with E-state index >= 15 is 0 Å². The maximum absolute atomic E-state index is 12.1. The summed E-state index contributed by atoms with van der Waals surface area (Å²) in [6, 6.07) is 7.79. The van der Waals surface area contributed by atoms with Crippen LogP contribution in [-0.2, 0) is 4.79 Å². The molecule has 0 bridgehead atoms. The van der Waals surface area contributed by atoms with Crippen LogP contribution in [0.3, 0.4) is 0 Å². The summed E-state index contributed by atoms with van der Waals surface area (Å²) in [7, 11) is 1.65. The Balaban J connectivity index is 2.28. The number of carbonyl (C=O) groups excluding carboxylic acids is 1. The minimum absolute atomic E-state index is 0.190. The van der Waals surface area contributed by atoms with Gasteiger partial charge in [-0.3, -0.25) is 4.79 Å². The quantitative estimate of drug-likeness (QED) is 0.727. The third kappa shape index (κ3) is 2.41. The molecule has 0 aliphatic heterocycles. The summed E-state index contributed by atoms with van der Waals surface area (Å²) >= 11 is 0. The van der Waals surface area contributed by atoms with Gasteiger partial charge in [0.1, 0.15) is 5.75 Å². The molecular formula is C15H18O2. The van der Waals surface area contributed by atoms with Gasteiger partial charge in [0, 0.05) is 5.41 Å². The Kier molecular flexibility index (Phi) is 3.05. The van der Waals surface area contributed by atoms with Crippen LogP contribution in [0.5, 0.6) is 5.75 Å². The first-order valence-electron chi connectivity index (χ1n) is 5.92. The Labute approximate surface area is 102 Å². The minimum Gasteiger partial charge on any atom is -0.497 e. The zero-order valence-electron chi connectivity index (χ0n) is 10.6. The van der Waals surface area contributed by atoms with Gasteiger partial charge in [0.25, 0.3) is 0 Å². The van der Waals surface area contributed by atoms with Crippen molar-refractivity contribution in [3.63, 3.8) is 0 Å². The molecule has 0 radical (unpaired) electrons. The summed E-state index contributed by atoms with van der Waals surface area (Å²) in [4.78, 5) is 12.1. The summed E-state index contributed by atoms with van der Waals surface area (Å²) in [5.41, 5.74) is 1.78. The monoisotopic (exact) mass is 230 g/mol. The number of allylic oxidation sites excluding steroid dienone is 1. The fourth-order valence-electron chi connectivity index (χ4n) is 2.18. The van der Waals surface area contributed by atoms with Crippen LogP contribution in [0.15, 0.2) is 29.8 Å². The third-order valence-electron chi connectivity index (χ3n) is 3.36.